The Morgan fingerprint density at radius 1 is 0.800 bits per heavy atom. The molecule has 0 spiro atoms. The fourth-order valence-electron chi connectivity index (χ4n) is 3.14. The van der Waals surface area contributed by atoms with E-state index in [0.29, 0.717) is 16.7 Å². The molecule has 1 rings (SSSR count). The second-order valence-electron chi connectivity index (χ2n) is 7.41. The van der Waals surface area contributed by atoms with Crippen molar-refractivity contribution in [3.63, 3.8) is 0 Å². The molecule has 1 N–H and O–H groups in total. The minimum Gasteiger partial charge on any atom is -0.393 e. The van der Waals surface area contributed by atoms with E-state index in [-0.39, 0.29) is 6.10 Å². The van der Waals surface area contributed by atoms with Gasteiger partial charge in [0.25, 0.3) is 0 Å². The summed E-state index contributed by atoms with van der Waals surface area (Å²) in [4.78, 5) is 0. The largest absolute Gasteiger partial charge is 0.393 e. The van der Waals surface area contributed by atoms with Crippen LogP contribution in [-0.4, -0.2) is 11.2 Å². The zero-order valence-electron chi connectivity index (χ0n) is 11.3. The first kappa shape index (κ1) is 13.0. The van der Waals surface area contributed by atoms with E-state index in [2.05, 4.69) is 41.5 Å². The molecule has 1 heteroatoms. The average molecular weight is 212 g/mol. The molecule has 3 unspecified atom stereocenters. The lowest BCUT2D eigenvalue weighted by molar-refractivity contribution is -0.0232. The van der Waals surface area contributed by atoms with Crippen LogP contribution in [0.3, 0.4) is 0 Å². The Kier molecular flexibility index (Phi) is 3.55. The molecule has 1 aliphatic carbocycles. The van der Waals surface area contributed by atoms with E-state index in [4.69, 9.17) is 0 Å². The smallest absolute Gasteiger partial charge is 0.0543 e. The second-order valence-corrected chi connectivity index (χ2v) is 7.41. The maximum Gasteiger partial charge on any atom is 0.0543 e. The van der Waals surface area contributed by atoms with Gasteiger partial charge in [0.2, 0.25) is 0 Å². The fourth-order valence-corrected chi connectivity index (χ4v) is 3.14. The molecule has 15 heavy (non-hydrogen) atoms. The lowest BCUT2D eigenvalue weighted by Gasteiger charge is -2.48. The van der Waals surface area contributed by atoms with E-state index in [0.717, 1.165) is 18.8 Å². The van der Waals surface area contributed by atoms with Crippen LogP contribution in [0.25, 0.3) is 0 Å². The quantitative estimate of drug-likeness (QED) is 0.646. The van der Waals surface area contributed by atoms with Gasteiger partial charge in [-0.2, -0.15) is 0 Å². The maximum absolute atomic E-state index is 9.83. The van der Waals surface area contributed by atoms with Crippen LogP contribution in [-0.2, 0) is 0 Å². The molecule has 3 atom stereocenters. The van der Waals surface area contributed by atoms with Crippen LogP contribution in [0.15, 0.2) is 0 Å². The van der Waals surface area contributed by atoms with Crippen molar-refractivity contribution in [1.29, 1.82) is 0 Å². The number of aliphatic hydroxyl groups excluding tert-OH is 1. The van der Waals surface area contributed by atoms with Crippen LogP contribution in [0.5, 0.6) is 0 Å². The van der Waals surface area contributed by atoms with E-state index >= 15 is 0 Å². The predicted octanol–water partition coefficient (Wildman–Crippen LogP) is 3.86. The summed E-state index contributed by atoms with van der Waals surface area (Å²) < 4.78 is 0. The highest BCUT2D eigenvalue weighted by Gasteiger charge is 2.42. The van der Waals surface area contributed by atoms with Crippen molar-refractivity contribution in [2.75, 3.05) is 0 Å². The molecule has 0 aromatic carbocycles. The zero-order valence-corrected chi connectivity index (χ0v) is 11.3. The van der Waals surface area contributed by atoms with Crippen LogP contribution >= 0.6 is 0 Å². The number of rotatable bonds is 0. The third kappa shape index (κ3) is 3.21. The Labute approximate surface area is 95.3 Å². The molecular weight excluding hydrogens is 184 g/mol. The number of hydrogen-bond acceptors (Lipinski definition) is 1. The van der Waals surface area contributed by atoms with Gasteiger partial charge in [-0.3, -0.25) is 0 Å². The second kappa shape index (κ2) is 4.08. The Bertz CT molecular complexity index is 206. The van der Waals surface area contributed by atoms with Gasteiger partial charge >= 0.3 is 0 Å². The van der Waals surface area contributed by atoms with Crippen molar-refractivity contribution >= 4 is 0 Å². The first-order valence-corrected chi connectivity index (χ1v) is 6.30. The Morgan fingerprint density at radius 3 is 1.67 bits per heavy atom. The third-order valence-electron chi connectivity index (χ3n) is 4.05. The van der Waals surface area contributed by atoms with Gasteiger partial charge in [-0.05, 0) is 41.9 Å². The van der Waals surface area contributed by atoms with E-state index in [1.807, 2.05) is 0 Å². The van der Waals surface area contributed by atoms with Gasteiger partial charge in [0.1, 0.15) is 0 Å². The lowest BCUT2D eigenvalue weighted by Crippen LogP contribution is -2.41. The van der Waals surface area contributed by atoms with Crippen LogP contribution in [0.4, 0.5) is 0 Å². The van der Waals surface area contributed by atoms with Crippen LogP contribution in [0.1, 0.15) is 60.8 Å². The Morgan fingerprint density at radius 2 is 1.27 bits per heavy atom. The third-order valence-corrected chi connectivity index (χ3v) is 4.05. The van der Waals surface area contributed by atoms with Crippen LogP contribution < -0.4 is 0 Å². The van der Waals surface area contributed by atoms with Crippen molar-refractivity contribution in [3.8, 4) is 0 Å². The molecule has 1 aliphatic rings. The highest BCUT2D eigenvalue weighted by Crippen LogP contribution is 2.48. The van der Waals surface area contributed by atoms with Crippen molar-refractivity contribution in [2.45, 2.75) is 66.9 Å². The molecule has 0 radical (unpaired) electrons. The highest BCUT2D eigenvalue weighted by molar-refractivity contribution is 4.91. The molecule has 0 bridgehead atoms. The van der Waals surface area contributed by atoms with E-state index in [1.54, 1.807) is 0 Å². The maximum atomic E-state index is 9.83. The summed E-state index contributed by atoms with van der Waals surface area (Å²) in [6, 6.07) is 0. The molecule has 0 aromatic heterocycles. The molecule has 1 nitrogen and oxygen atoms in total. The minimum atomic E-state index is -0.0622. The Hall–Kier alpha value is -0.0400. The monoisotopic (exact) mass is 212 g/mol. The SMILES string of the molecule is CC(C)(C)C1CCC(O)CC1C(C)(C)C. The summed E-state index contributed by atoms with van der Waals surface area (Å²) >= 11 is 0. The van der Waals surface area contributed by atoms with Gasteiger partial charge in [0.05, 0.1) is 6.10 Å². The summed E-state index contributed by atoms with van der Waals surface area (Å²) in [5, 5.41) is 9.83. The van der Waals surface area contributed by atoms with Crippen molar-refractivity contribution in [2.24, 2.45) is 22.7 Å². The molecular formula is C14H28O. The predicted molar refractivity (Wildman–Crippen MR) is 65.7 cm³/mol. The molecule has 90 valence electrons. The van der Waals surface area contributed by atoms with Crippen molar-refractivity contribution in [1.82, 2.24) is 0 Å². The number of hydrogen-bond donors (Lipinski definition) is 1. The van der Waals surface area contributed by atoms with Crippen LogP contribution in [0, 0.1) is 22.7 Å². The highest BCUT2D eigenvalue weighted by atomic mass is 16.3. The Balaban J connectivity index is 2.85. The fraction of sp³-hybridized carbons (Fsp3) is 1.00. The summed E-state index contributed by atoms with van der Waals surface area (Å²) in [6.07, 6.45) is 3.11. The van der Waals surface area contributed by atoms with E-state index < -0.39 is 0 Å². The minimum absolute atomic E-state index is 0.0622. The van der Waals surface area contributed by atoms with E-state index in [1.165, 1.54) is 6.42 Å². The molecule has 1 fully saturated rings. The van der Waals surface area contributed by atoms with Gasteiger partial charge in [-0.1, -0.05) is 41.5 Å². The molecule has 0 saturated heterocycles. The van der Waals surface area contributed by atoms with Gasteiger partial charge in [-0.15, -0.1) is 0 Å². The van der Waals surface area contributed by atoms with Gasteiger partial charge < -0.3 is 5.11 Å². The summed E-state index contributed by atoms with van der Waals surface area (Å²) in [7, 11) is 0. The summed E-state index contributed by atoms with van der Waals surface area (Å²) in [5.41, 5.74) is 0.692. The molecule has 0 aliphatic heterocycles. The molecule has 1 saturated carbocycles. The average Bonchev–Trinajstić information content (AvgIpc) is 2.00. The topological polar surface area (TPSA) is 20.2 Å². The van der Waals surface area contributed by atoms with Gasteiger partial charge in [0.15, 0.2) is 0 Å². The van der Waals surface area contributed by atoms with Gasteiger partial charge in [0, 0.05) is 0 Å². The molecule has 0 aromatic rings. The van der Waals surface area contributed by atoms with Crippen LogP contribution in [0.2, 0.25) is 0 Å². The first-order chi connectivity index (χ1) is 6.62. The van der Waals surface area contributed by atoms with Gasteiger partial charge in [-0.25, -0.2) is 0 Å². The molecule has 0 amide bonds. The van der Waals surface area contributed by atoms with E-state index in [9.17, 15) is 5.11 Å². The zero-order chi connectivity index (χ0) is 11.9. The lowest BCUT2D eigenvalue weighted by atomic mass is 9.58. The first-order valence-electron chi connectivity index (χ1n) is 6.30. The summed E-state index contributed by atoms with van der Waals surface area (Å²) in [6.45, 7) is 14.0. The van der Waals surface area contributed by atoms with Crippen molar-refractivity contribution in [3.05, 3.63) is 0 Å². The normalized spacial score (nSPS) is 34.2. The molecule has 0 heterocycles. The van der Waals surface area contributed by atoms with Crippen molar-refractivity contribution < 1.29 is 5.11 Å². The standard InChI is InChI=1S/C14H28O/c1-13(2,3)11-8-7-10(15)9-12(11)14(4,5)6/h10-12,15H,7-9H2,1-6H3. The summed E-state index contributed by atoms with van der Waals surface area (Å²) in [5.74, 6) is 1.40. The number of aliphatic hydroxyl groups is 1.